The van der Waals surface area contributed by atoms with Gasteiger partial charge in [-0.25, -0.2) is 9.67 Å². The number of pyridine rings is 1. The summed E-state index contributed by atoms with van der Waals surface area (Å²) in [7, 11) is 0. The number of aryl methyl sites for hydroxylation is 2. The Balaban J connectivity index is 1.49. The number of benzene rings is 1. The zero-order valence-electron chi connectivity index (χ0n) is 16.9. The van der Waals surface area contributed by atoms with Crippen molar-refractivity contribution in [3.8, 4) is 5.69 Å². The van der Waals surface area contributed by atoms with E-state index in [1.165, 1.54) is 16.8 Å². The minimum Gasteiger partial charge on any atom is -0.345 e. The van der Waals surface area contributed by atoms with Crippen molar-refractivity contribution in [1.82, 2.24) is 24.5 Å². The lowest BCUT2D eigenvalue weighted by molar-refractivity contribution is -0.137. The van der Waals surface area contributed by atoms with E-state index in [2.05, 4.69) is 15.4 Å². The number of halogens is 3. The van der Waals surface area contributed by atoms with E-state index in [9.17, 15) is 18.0 Å². The molecule has 1 N–H and O–H groups in total. The third-order valence-electron chi connectivity index (χ3n) is 4.94. The molecule has 0 aliphatic heterocycles. The summed E-state index contributed by atoms with van der Waals surface area (Å²) in [5.74, 6) is -0.266. The van der Waals surface area contributed by atoms with Crippen molar-refractivity contribution >= 4 is 11.6 Å². The van der Waals surface area contributed by atoms with Gasteiger partial charge in [0, 0.05) is 12.4 Å². The van der Waals surface area contributed by atoms with E-state index in [1.54, 1.807) is 16.7 Å². The standard InChI is InChI=1S/C22H20F3N5O/c1-3-18-20(29-10-8-14(2)12-19(29)27-18)21(31)26-13-16-9-11-30(28-16)17-6-4-15(5-7-17)22(23,24)25/h4-12H,3,13H2,1-2H3,(H,26,31). The SMILES string of the molecule is CCc1nc2cc(C)ccn2c1C(=O)NCc1ccn(-c2ccc(C(F)(F)F)cc2)n1. The average Bonchev–Trinajstić information content (AvgIpc) is 3.35. The van der Waals surface area contributed by atoms with Crippen LogP contribution in [0.3, 0.4) is 0 Å². The first kappa shape index (κ1) is 20.6. The number of aromatic nitrogens is 4. The number of nitrogens with zero attached hydrogens (tertiary/aromatic N) is 4. The van der Waals surface area contributed by atoms with Crippen LogP contribution in [0, 0.1) is 6.92 Å². The van der Waals surface area contributed by atoms with Gasteiger partial charge in [-0.1, -0.05) is 6.92 Å². The number of fused-ring (bicyclic) bond motifs is 1. The van der Waals surface area contributed by atoms with Crippen LogP contribution >= 0.6 is 0 Å². The van der Waals surface area contributed by atoms with Gasteiger partial charge >= 0.3 is 6.18 Å². The Kier molecular flexibility index (Phi) is 5.26. The number of imidazole rings is 1. The number of nitrogens with one attached hydrogen (secondary N) is 1. The Morgan fingerprint density at radius 1 is 1.10 bits per heavy atom. The van der Waals surface area contributed by atoms with Crippen LogP contribution in [0.4, 0.5) is 13.2 Å². The van der Waals surface area contributed by atoms with Gasteiger partial charge in [0.1, 0.15) is 11.3 Å². The van der Waals surface area contributed by atoms with Gasteiger partial charge in [-0.3, -0.25) is 9.20 Å². The van der Waals surface area contributed by atoms with Crippen molar-refractivity contribution in [1.29, 1.82) is 0 Å². The van der Waals surface area contributed by atoms with Gasteiger partial charge in [-0.05, 0) is 61.4 Å². The maximum absolute atomic E-state index is 12.9. The van der Waals surface area contributed by atoms with Gasteiger partial charge in [0.25, 0.3) is 5.91 Å². The molecule has 0 atom stereocenters. The number of carbonyl (C=O) groups excluding carboxylic acids is 1. The molecule has 160 valence electrons. The predicted molar refractivity (Wildman–Crippen MR) is 109 cm³/mol. The fraction of sp³-hybridized carbons (Fsp3) is 0.227. The van der Waals surface area contributed by atoms with Gasteiger partial charge in [0.2, 0.25) is 0 Å². The van der Waals surface area contributed by atoms with Crippen LogP contribution in [0.15, 0.2) is 54.9 Å². The monoisotopic (exact) mass is 427 g/mol. The lowest BCUT2D eigenvalue weighted by Crippen LogP contribution is -2.25. The fourth-order valence-corrected chi connectivity index (χ4v) is 3.34. The van der Waals surface area contributed by atoms with Crippen LogP contribution in [0.5, 0.6) is 0 Å². The second-order valence-electron chi connectivity index (χ2n) is 7.17. The topological polar surface area (TPSA) is 64.2 Å². The normalized spacial score (nSPS) is 11.8. The maximum Gasteiger partial charge on any atom is 0.416 e. The Bertz CT molecular complexity index is 1240. The molecule has 4 aromatic rings. The summed E-state index contributed by atoms with van der Waals surface area (Å²) in [5, 5.41) is 7.19. The highest BCUT2D eigenvalue weighted by molar-refractivity contribution is 5.94. The van der Waals surface area contributed by atoms with Gasteiger partial charge in [-0.2, -0.15) is 18.3 Å². The lowest BCUT2D eigenvalue weighted by atomic mass is 10.2. The molecular formula is C22H20F3N5O. The van der Waals surface area contributed by atoms with Crippen molar-refractivity contribution in [2.45, 2.75) is 33.0 Å². The minimum absolute atomic E-state index is 0.175. The Morgan fingerprint density at radius 3 is 2.52 bits per heavy atom. The molecule has 0 radical (unpaired) electrons. The number of hydrogen-bond donors (Lipinski definition) is 1. The molecule has 3 heterocycles. The van der Waals surface area contributed by atoms with E-state index in [0.717, 1.165) is 17.7 Å². The highest BCUT2D eigenvalue weighted by Crippen LogP contribution is 2.29. The molecule has 0 saturated carbocycles. The zero-order chi connectivity index (χ0) is 22.2. The van der Waals surface area contributed by atoms with E-state index in [1.807, 2.05) is 32.2 Å². The van der Waals surface area contributed by atoms with Crippen LogP contribution in [0.2, 0.25) is 0 Å². The first-order valence-electron chi connectivity index (χ1n) is 9.74. The Labute approximate surface area is 176 Å². The number of alkyl halides is 3. The molecule has 0 fully saturated rings. The zero-order valence-corrected chi connectivity index (χ0v) is 16.9. The molecule has 0 unspecified atom stereocenters. The van der Waals surface area contributed by atoms with Crippen molar-refractivity contribution in [3.05, 3.63) is 83.1 Å². The summed E-state index contributed by atoms with van der Waals surface area (Å²) < 4.78 is 41.4. The molecule has 6 nitrogen and oxygen atoms in total. The Hall–Kier alpha value is -3.62. The van der Waals surface area contributed by atoms with Crippen molar-refractivity contribution in [2.24, 2.45) is 0 Å². The molecule has 31 heavy (non-hydrogen) atoms. The van der Waals surface area contributed by atoms with E-state index >= 15 is 0 Å². The van der Waals surface area contributed by atoms with Crippen molar-refractivity contribution in [3.63, 3.8) is 0 Å². The molecular weight excluding hydrogens is 407 g/mol. The molecule has 0 spiro atoms. The van der Waals surface area contributed by atoms with E-state index in [-0.39, 0.29) is 12.5 Å². The van der Waals surface area contributed by atoms with Crippen molar-refractivity contribution < 1.29 is 18.0 Å². The van der Waals surface area contributed by atoms with Crippen LogP contribution in [-0.4, -0.2) is 25.1 Å². The molecule has 9 heteroatoms. The number of rotatable bonds is 5. The van der Waals surface area contributed by atoms with Crippen LogP contribution in [0.1, 0.15) is 39.9 Å². The number of carbonyl (C=O) groups is 1. The van der Waals surface area contributed by atoms with Gasteiger partial charge in [-0.15, -0.1) is 0 Å². The summed E-state index contributed by atoms with van der Waals surface area (Å²) in [6.07, 6.45) is -0.304. The third-order valence-corrected chi connectivity index (χ3v) is 4.94. The molecule has 0 aliphatic rings. The first-order valence-corrected chi connectivity index (χ1v) is 9.74. The first-order chi connectivity index (χ1) is 14.8. The highest BCUT2D eigenvalue weighted by Gasteiger charge is 2.30. The molecule has 1 aromatic carbocycles. The summed E-state index contributed by atoms with van der Waals surface area (Å²) >= 11 is 0. The second-order valence-corrected chi connectivity index (χ2v) is 7.17. The second kappa shape index (κ2) is 7.90. The van der Waals surface area contributed by atoms with Crippen molar-refractivity contribution in [2.75, 3.05) is 0 Å². The Morgan fingerprint density at radius 2 is 1.84 bits per heavy atom. The van der Waals surface area contributed by atoms with E-state index < -0.39 is 11.7 Å². The molecule has 4 rings (SSSR count). The third kappa shape index (κ3) is 4.16. The number of amides is 1. The van der Waals surface area contributed by atoms with Gasteiger partial charge in [0.15, 0.2) is 0 Å². The van der Waals surface area contributed by atoms with Crippen LogP contribution in [-0.2, 0) is 19.1 Å². The highest BCUT2D eigenvalue weighted by atomic mass is 19.4. The summed E-state index contributed by atoms with van der Waals surface area (Å²) in [6, 6.07) is 10.3. The molecule has 0 aliphatic carbocycles. The largest absolute Gasteiger partial charge is 0.416 e. The van der Waals surface area contributed by atoms with E-state index in [4.69, 9.17) is 0 Å². The van der Waals surface area contributed by atoms with E-state index in [0.29, 0.717) is 34.8 Å². The van der Waals surface area contributed by atoms with Crippen LogP contribution < -0.4 is 5.32 Å². The summed E-state index contributed by atoms with van der Waals surface area (Å²) in [5.41, 5.74) is 3.32. The molecule has 0 saturated heterocycles. The summed E-state index contributed by atoms with van der Waals surface area (Å²) in [6.45, 7) is 4.08. The minimum atomic E-state index is -4.38. The lowest BCUT2D eigenvalue weighted by Gasteiger charge is -2.08. The molecule has 1 amide bonds. The maximum atomic E-state index is 12.9. The average molecular weight is 427 g/mol. The van der Waals surface area contributed by atoms with Gasteiger partial charge in [0.05, 0.1) is 29.2 Å². The molecule has 0 bridgehead atoms. The predicted octanol–water partition coefficient (Wildman–Crippen LogP) is 4.34. The smallest absolute Gasteiger partial charge is 0.345 e. The quantitative estimate of drug-likeness (QED) is 0.515. The number of hydrogen-bond acceptors (Lipinski definition) is 3. The van der Waals surface area contributed by atoms with Gasteiger partial charge < -0.3 is 5.32 Å². The van der Waals surface area contributed by atoms with Crippen LogP contribution in [0.25, 0.3) is 11.3 Å². The fourth-order valence-electron chi connectivity index (χ4n) is 3.34. The summed E-state index contributed by atoms with van der Waals surface area (Å²) in [4.78, 5) is 17.4. The molecule has 3 aromatic heterocycles.